The van der Waals surface area contributed by atoms with Crippen molar-refractivity contribution in [1.82, 2.24) is 9.71 Å². The summed E-state index contributed by atoms with van der Waals surface area (Å²) < 4.78 is 45.2. The van der Waals surface area contributed by atoms with Crippen molar-refractivity contribution in [3.8, 4) is 11.6 Å². The number of methoxy groups -OCH3 is 1. The van der Waals surface area contributed by atoms with Crippen molar-refractivity contribution in [2.45, 2.75) is 6.54 Å². The molecule has 2 aromatic rings. The van der Waals surface area contributed by atoms with Crippen molar-refractivity contribution in [3.63, 3.8) is 0 Å². The Kier molecular flexibility index (Phi) is 4.55. The predicted molar refractivity (Wildman–Crippen MR) is 90.6 cm³/mol. The third-order valence-electron chi connectivity index (χ3n) is 3.58. The van der Waals surface area contributed by atoms with E-state index in [-0.39, 0.29) is 6.54 Å². The van der Waals surface area contributed by atoms with Crippen molar-refractivity contribution < 1.29 is 27.4 Å². The number of aromatic hydroxyl groups is 1. The zero-order chi connectivity index (χ0) is 18.9. The third kappa shape index (κ3) is 3.47. The normalized spacial score (nSPS) is 15.6. The summed E-state index contributed by atoms with van der Waals surface area (Å²) in [5.74, 6) is -1.50. The maximum atomic E-state index is 14.4. The lowest BCUT2D eigenvalue weighted by atomic mass is 10.1. The van der Waals surface area contributed by atoms with Gasteiger partial charge in [-0.2, -0.15) is 13.4 Å². The maximum Gasteiger partial charge on any atom is 0.326 e. The van der Waals surface area contributed by atoms with E-state index in [2.05, 4.69) is 10.3 Å². The largest absolute Gasteiger partial charge is 0.506 e. The van der Waals surface area contributed by atoms with E-state index < -0.39 is 39.9 Å². The summed E-state index contributed by atoms with van der Waals surface area (Å²) in [5, 5.41) is 13.0. The number of halogens is 1. The molecule has 0 spiro atoms. The molecule has 26 heavy (non-hydrogen) atoms. The van der Waals surface area contributed by atoms with E-state index in [1.165, 1.54) is 13.2 Å². The van der Waals surface area contributed by atoms with Gasteiger partial charge in [0, 0.05) is 12.6 Å². The summed E-state index contributed by atoms with van der Waals surface area (Å²) in [7, 11) is -2.74. The van der Waals surface area contributed by atoms with Gasteiger partial charge in [0.2, 0.25) is 5.88 Å². The number of hydrogen-bond donors (Lipinski definition) is 3. The number of carbonyl (C=O) groups is 1. The quantitative estimate of drug-likeness (QED) is 0.697. The summed E-state index contributed by atoms with van der Waals surface area (Å²) in [6.45, 7) is -0.479. The van der Waals surface area contributed by atoms with E-state index in [0.29, 0.717) is 21.6 Å². The van der Waals surface area contributed by atoms with Gasteiger partial charge in [-0.25, -0.2) is 13.4 Å². The summed E-state index contributed by atoms with van der Waals surface area (Å²) >= 11 is 0. The summed E-state index contributed by atoms with van der Waals surface area (Å²) in [6.07, 6.45) is 0. The Bertz CT molecular complexity index is 943. The second-order valence-corrected chi connectivity index (χ2v) is 7.00. The highest BCUT2D eigenvalue weighted by Gasteiger charge is 2.37. The molecule has 1 aliphatic rings. The number of hydrogen-bond acceptors (Lipinski definition) is 7. The van der Waals surface area contributed by atoms with Crippen LogP contribution in [0, 0.1) is 5.82 Å². The molecule has 0 unspecified atom stereocenters. The molecule has 11 heteroatoms. The average molecular weight is 382 g/mol. The maximum absolute atomic E-state index is 14.4. The van der Waals surface area contributed by atoms with Gasteiger partial charge in [0.1, 0.15) is 23.8 Å². The SMILES string of the molecule is COc1cccc(NCc2cc(O)c(N3CC(=O)NS3(=O)=O)c(F)c2)n1. The highest BCUT2D eigenvalue weighted by molar-refractivity contribution is 7.92. The van der Waals surface area contributed by atoms with E-state index in [0.717, 1.165) is 6.07 Å². The van der Waals surface area contributed by atoms with Crippen LogP contribution in [-0.2, 0) is 21.5 Å². The van der Waals surface area contributed by atoms with Crippen LogP contribution in [0.3, 0.4) is 0 Å². The van der Waals surface area contributed by atoms with Crippen molar-refractivity contribution >= 4 is 27.6 Å². The molecule has 138 valence electrons. The topological polar surface area (TPSA) is 121 Å². The van der Waals surface area contributed by atoms with Gasteiger partial charge in [-0.05, 0) is 23.8 Å². The number of rotatable bonds is 5. The van der Waals surface area contributed by atoms with Crippen LogP contribution in [0.25, 0.3) is 0 Å². The lowest BCUT2D eigenvalue weighted by molar-refractivity contribution is -0.117. The molecule has 0 saturated carbocycles. The highest BCUT2D eigenvalue weighted by Crippen LogP contribution is 2.34. The Balaban J connectivity index is 1.82. The Labute approximate surface area is 148 Å². The molecular formula is C15H15FN4O5S. The second kappa shape index (κ2) is 6.67. The zero-order valence-corrected chi connectivity index (χ0v) is 14.4. The molecule has 0 bridgehead atoms. The molecule has 1 saturated heterocycles. The molecule has 3 rings (SSSR count). The Morgan fingerprint density at radius 2 is 2.19 bits per heavy atom. The zero-order valence-electron chi connectivity index (χ0n) is 13.6. The molecule has 1 aliphatic heterocycles. The van der Waals surface area contributed by atoms with Gasteiger partial charge in [-0.3, -0.25) is 4.79 Å². The summed E-state index contributed by atoms with van der Waals surface area (Å²) in [6, 6.07) is 7.35. The number of phenols is 1. The lowest BCUT2D eigenvalue weighted by Crippen LogP contribution is -2.30. The van der Waals surface area contributed by atoms with Crippen molar-refractivity contribution in [2.24, 2.45) is 0 Å². The fourth-order valence-corrected chi connectivity index (χ4v) is 3.62. The summed E-state index contributed by atoms with van der Waals surface area (Å²) in [5.41, 5.74) is -0.226. The minimum atomic E-state index is -4.22. The molecule has 0 aliphatic carbocycles. The predicted octanol–water partition coefficient (Wildman–Crippen LogP) is 0.728. The molecule has 1 aromatic carbocycles. The monoisotopic (exact) mass is 382 g/mol. The number of benzene rings is 1. The molecule has 9 nitrogen and oxygen atoms in total. The molecule has 3 N–H and O–H groups in total. The number of amides is 1. The summed E-state index contributed by atoms with van der Waals surface area (Å²) in [4.78, 5) is 15.4. The molecule has 0 radical (unpaired) electrons. The van der Waals surface area contributed by atoms with Gasteiger partial charge in [0.25, 0.3) is 5.91 Å². The fourth-order valence-electron chi connectivity index (χ4n) is 2.45. The van der Waals surface area contributed by atoms with E-state index in [4.69, 9.17) is 4.74 Å². The first kappa shape index (κ1) is 17.7. The van der Waals surface area contributed by atoms with Gasteiger partial charge >= 0.3 is 10.2 Å². The second-order valence-electron chi connectivity index (χ2n) is 5.40. The number of carbonyl (C=O) groups excluding carboxylic acids is 1. The Hall–Kier alpha value is -3.08. The lowest BCUT2D eigenvalue weighted by Gasteiger charge is -2.18. The number of phenolic OH excluding ortho intramolecular Hbond substituents is 1. The number of nitrogens with zero attached hydrogens (tertiary/aromatic N) is 2. The van der Waals surface area contributed by atoms with Crippen LogP contribution in [0.1, 0.15) is 5.56 Å². The van der Waals surface area contributed by atoms with Crippen LogP contribution in [-0.4, -0.2) is 38.1 Å². The smallest absolute Gasteiger partial charge is 0.326 e. The van der Waals surface area contributed by atoms with Gasteiger partial charge in [-0.1, -0.05) is 6.07 Å². The van der Waals surface area contributed by atoms with Crippen LogP contribution in [0.4, 0.5) is 15.9 Å². The molecule has 1 aromatic heterocycles. The minimum Gasteiger partial charge on any atom is -0.506 e. The highest BCUT2D eigenvalue weighted by atomic mass is 32.2. The molecular weight excluding hydrogens is 367 g/mol. The van der Waals surface area contributed by atoms with Gasteiger partial charge < -0.3 is 15.2 Å². The van der Waals surface area contributed by atoms with Crippen LogP contribution in [0.15, 0.2) is 30.3 Å². The van der Waals surface area contributed by atoms with E-state index in [9.17, 15) is 22.7 Å². The first-order valence-electron chi connectivity index (χ1n) is 7.40. The van der Waals surface area contributed by atoms with Crippen molar-refractivity contribution in [2.75, 3.05) is 23.3 Å². The number of aromatic nitrogens is 1. The third-order valence-corrected chi connectivity index (χ3v) is 4.96. The van der Waals surface area contributed by atoms with Crippen molar-refractivity contribution in [3.05, 3.63) is 41.7 Å². The number of nitrogens with one attached hydrogen (secondary N) is 2. The van der Waals surface area contributed by atoms with Crippen molar-refractivity contribution in [1.29, 1.82) is 0 Å². The average Bonchev–Trinajstić information content (AvgIpc) is 2.85. The van der Waals surface area contributed by atoms with E-state index in [1.807, 2.05) is 0 Å². The fraction of sp³-hybridized carbons (Fsp3) is 0.200. The van der Waals surface area contributed by atoms with Gasteiger partial charge in [0.05, 0.1) is 7.11 Å². The van der Waals surface area contributed by atoms with Gasteiger partial charge in [-0.15, -0.1) is 0 Å². The molecule has 1 fully saturated rings. The van der Waals surface area contributed by atoms with Crippen LogP contribution in [0.2, 0.25) is 0 Å². The number of anilines is 2. The first-order chi connectivity index (χ1) is 12.3. The number of pyridine rings is 1. The Morgan fingerprint density at radius 3 is 2.81 bits per heavy atom. The van der Waals surface area contributed by atoms with Crippen LogP contribution < -0.4 is 19.1 Å². The van der Waals surface area contributed by atoms with E-state index in [1.54, 1.807) is 22.9 Å². The molecule has 0 atom stereocenters. The molecule has 2 heterocycles. The first-order valence-corrected chi connectivity index (χ1v) is 8.84. The molecule has 1 amide bonds. The van der Waals surface area contributed by atoms with Crippen LogP contribution in [0.5, 0.6) is 11.6 Å². The van der Waals surface area contributed by atoms with E-state index >= 15 is 0 Å². The van der Waals surface area contributed by atoms with Crippen LogP contribution >= 0.6 is 0 Å². The number of ether oxygens (including phenoxy) is 1. The minimum absolute atomic E-state index is 0.120. The Morgan fingerprint density at radius 1 is 1.42 bits per heavy atom. The van der Waals surface area contributed by atoms with Gasteiger partial charge in [0.15, 0.2) is 5.82 Å². The standard InChI is InChI=1S/C15H15FN4O5S/c1-25-14-4-2-3-12(18-14)17-7-9-5-10(16)15(11(21)6-9)20-8-13(22)19-26(20,23)24/h2-6,21H,7-8H2,1H3,(H,17,18)(H,19,22).